The molecule has 1 heterocycles. The second-order valence-electron chi connectivity index (χ2n) is 5.09. The fraction of sp³-hybridized carbons (Fsp3) is 0.375. The molecule has 0 aliphatic heterocycles. The average Bonchev–Trinajstić information content (AvgIpc) is 3.05. The maximum absolute atomic E-state index is 9.82. The maximum Gasteiger partial charge on any atom is 0.0697 e. The van der Waals surface area contributed by atoms with E-state index >= 15 is 0 Å². The minimum atomic E-state index is -0.333. The van der Waals surface area contributed by atoms with Crippen LogP contribution in [0.1, 0.15) is 31.4 Å². The van der Waals surface area contributed by atoms with Gasteiger partial charge in [0.1, 0.15) is 0 Å². The van der Waals surface area contributed by atoms with E-state index in [1.165, 1.54) is 5.56 Å². The Labute approximate surface area is 125 Å². The van der Waals surface area contributed by atoms with Crippen molar-refractivity contribution in [3.8, 4) is 5.69 Å². The number of allylic oxidation sites excluding steroid dienone is 1. The van der Waals surface area contributed by atoms with E-state index in [0.29, 0.717) is 6.54 Å². The number of aliphatic hydroxyl groups excluding tert-OH is 1. The molecule has 21 heavy (non-hydrogen) atoms. The third kappa shape index (κ3) is 4.51. The summed E-state index contributed by atoms with van der Waals surface area (Å²) in [4.78, 5) is 0. The number of aromatic nitrogens is 3. The predicted octanol–water partition coefficient (Wildman–Crippen LogP) is 2.25. The second kappa shape index (κ2) is 7.71. The predicted molar refractivity (Wildman–Crippen MR) is 83.2 cm³/mol. The quantitative estimate of drug-likeness (QED) is 0.731. The van der Waals surface area contributed by atoms with Crippen LogP contribution in [-0.2, 0) is 0 Å². The summed E-state index contributed by atoms with van der Waals surface area (Å²) in [7, 11) is 0. The van der Waals surface area contributed by atoms with E-state index in [1.807, 2.05) is 24.4 Å². The van der Waals surface area contributed by atoms with Crippen molar-refractivity contribution in [2.24, 2.45) is 0 Å². The highest BCUT2D eigenvalue weighted by atomic mass is 16.3. The molecular formula is C16H22N4O. The Bertz CT molecular complexity index is 536. The van der Waals surface area contributed by atoms with E-state index in [1.54, 1.807) is 10.9 Å². The molecule has 0 bridgehead atoms. The smallest absolute Gasteiger partial charge is 0.0697 e. The van der Waals surface area contributed by atoms with Gasteiger partial charge in [0.25, 0.3) is 0 Å². The molecule has 112 valence electrons. The molecule has 1 aromatic carbocycles. The minimum Gasteiger partial charge on any atom is -0.392 e. The lowest BCUT2D eigenvalue weighted by Gasteiger charge is -2.17. The molecule has 0 radical (unpaired) electrons. The molecule has 2 N–H and O–H groups in total. The van der Waals surface area contributed by atoms with Gasteiger partial charge < -0.3 is 10.4 Å². The lowest BCUT2D eigenvalue weighted by molar-refractivity contribution is 0.159. The first-order chi connectivity index (χ1) is 10.2. The SMILES string of the molecule is C=CCCC(O)CNC(C)c1ccc(-n2ccnn2)cc1. The van der Waals surface area contributed by atoms with E-state index in [-0.39, 0.29) is 12.1 Å². The lowest BCUT2D eigenvalue weighted by Crippen LogP contribution is -2.29. The largest absolute Gasteiger partial charge is 0.392 e. The molecule has 0 fully saturated rings. The molecule has 2 unspecified atom stereocenters. The lowest BCUT2D eigenvalue weighted by atomic mass is 10.1. The van der Waals surface area contributed by atoms with Gasteiger partial charge in [-0.1, -0.05) is 23.4 Å². The molecule has 1 aromatic heterocycles. The van der Waals surface area contributed by atoms with Crippen LogP contribution in [0.15, 0.2) is 49.3 Å². The standard InChI is InChI=1S/C16H22N4O/c1-3-4-5-16(21)12-17-13(2)14-6-8-15(9-7-14)20-11-10-18-19-20/h3,6-11,13,16-17,21H,1,4-5,12H2,2H3. The highest BCUT2D eigenvalue weighted by molar-refractivity contribution is 5.34. The molecule has 0 amide bonds. The second-order valence-corrected chi connectivity index (χ2v) is 5.09. The highest BCUT2D eigenvalue weighted by Gasteiger charge is 2.08. The van der Waals surface area contributed by atoms with Crippen LogP contribution in [0.5, 0.6) is 0 Å². The van der Waals surface area contributed by atoms with E-state index in [9.17, 15) is 5.11 Å². The topological polar surface area (TPSA) is 63.0 Å². The Hall–Kier alpha value is -1.98. The van der Waals surface area contributed by atoms with Crippen LogP contribution in [0.2, 0.25) is 0 Å². The van der Waals surface area contributed by atoms with Gasteiger partial charge in [-0.3, -0.25) is 0 Å². The van der Waals surface area contributed by atoms with Crippen LogP contribution in [0.3, 0.4) is 0 Å². The van der Waals surface area contributed by atoms with Gasteiger partial charge in [0.05, 0.1) is 24.2 Å². The molecular weight excluding hydrogens is 264 g/mol. The first-order valence-electron chi connectivity index (χ1n) is 7.19. The van der Waals surface area contributed by atoms with Crippen molar-refractivity contribution < 1.29 is 5.11 Å². The number of hydrogen-bond acceptors (Lipinski definition) is 4. The summed E-state index contributed by atoms with van der Waals surface area (Å²) in [5.41, 5.74) is 2.16. The summed E-state index contributed by atoms with van der Waals surface area (Å²) < 4.78 is 1.72. The normalized spacial score (nSPS) is 13.8. The molecule has 2 aromatic rings. The zero-order chi connectivity index (χ0) is 15.1. The monoisotopic (exact) mass is 286 g/mol. The van der Waals surface area contributed by atoms with Crippen LogP contribution in [0.25, 0.3) is 5.69 Å². The van der Waals surface area contributed by atoms with Crippen molar-refractivity contribution in [3.05, 3.63) is 54.9 Å². The van der Waals surface area contributed by atoms with Gasteiger partial charge in [-0.2, -0.15) is 0 Å². The van der Waals surface area contributed by atoms with Crippen molar-refractivity contribution >= 4 is 0 Å². The fourth-order valence-electron chi connectivity index (χ4n) is 2.10. The fourth-order valence-corrected chi connectivity index (χ4v) is 2.10. The van der Waals surface area contributed by atoms with Crippen molar-refractivity contribution in [1.29, 1.82) is 0 Å². The first kappa shape index (κ1) is 15.4. The molecule has 0 saturated carbocycles. The zero-order valence-electron chi connectivity index (χ0n) is 12.3. The summed E-state index contributed by atoms with van der Waals surface area (Å²) >= 11 is 0. The van der Waals surface area contributed by atoms with Crippen molar-refractivity contribution in [2.75, 3.05) is 6.54 Å². The Morgan fingerprint density at radius 1 is 1.38 bits per heavy atom. The van der Waals surface area contributed by atoms with Gasteiger partial charge in [0, 0.05) is 12.6 Å². The Morgan fingerprint density at radius 2 is 2.14 bits per heavy atom. The summed E-state index contributed by atoms with van der Waals surface area (Å²) in [5, 5.41) is 20.9. The maximum atomic E-state index is 9.82. The van der Waals surface area contributed by atoms with Crippen LogP contribution in [0.4, 0.5) is 0 Å². The number of rotatable bonds is 8. The van der Waals surface area contributed by atoms with Gasteiger partial charge in [0.2, 0.25) is 0 Å². The molecule has 2 atom stereocenters. The summed E-state index contributed by atoms with van der Waals surface area (Å²) in [5.74, 6) is 0. The Kier molecular flexibility index (Phi) is 5.66. The first-order valence-corrected chi connectivity index (χ1v) is 7.19. The van der Waals surface area contributed by atoms with Crippen molar-refractivity contribution in [2.45, 2.75) is 31.9 Å². The van der Waals surface area contributed by atoms with Crippen LogP contribution < -0.4 is 5.32 Å². The third-order valence-corrected chi connectivity index (χ3v) is 3.44. The average molecular weight is 286 g/mol. The third-order valence-electron chi connectivity index (χ3n) is 3.44. The zero-order valence-corrected chi connectivity index (χ0v) is 12.3. The molecule has 0 spiro atoms. The minimum absolute atomic E-state index is 0.188. The van der Waals surface area contributed by atoms with Gasteiger partial charge in [-0.05, 0) is 37.5 Å². The van der Waals surface area contributed by atoms with Crippen LogP contribution in [0, 0.1) is 0 Å². The van der Waals surface area contributed by atoms with E-state index in [2.05, 4.69) is 41.3 Å². The van der Waals surface area contributed by atoms with Crippen LogP contribution in [-0.4, -0.2) is 32.7 Å². The summed E-state index contributed by atoms with van der Waals surface area (Å²) in [6.45, 7) is 6.33. The number of aliphatic hydroxyl groups is 1. The van der Waals surface area contributed by atoms with Gasteiger partial charge in [0.15, 0.2) is 0 Å². The van der Waals surface area contributed by atoms with E-state index < -0.39 is 0 Å². The molecule has 2 rings (SSSR count). The number of nitrogens with zero attached hydrogens (tertiary/aromatic N) is 3. The molecule has 0 aliphatic rings. The van der Waals surface area contributed by atoms with Crippen LogP contribution >= 0.6 is 0 Å². The van der Waals surface area contributed by atoms with E-state index in [0.717, 1.165) is 18.5 Å². The molecule has 0 saturated heterocycles. The Balaban J connectivity index is 1.88. The number of nitrogens with one attached hydrogen (secondary N) is 1. The van der Waals surface area contributed by atoms with Crippen molar-refractivity contribution in [1.82, 2.24) is 20.3 Å². The molecule has 5 heteroatoms. The van der Waals surface area contributed by atoms with Gasteiger partial charge in [-0.15, -0.1) is 11.7 Å². The summed E-state index contributed by atoms with van der Waals surface area (Å²) in [6.07, 6.45) is 6.54. The highest BCUT2D eigenvalue weighted by Crippen LogP contribution is 2.15. The molecule has 5 nitrogen and oxygen atoms in total. The van der Waals surface area contributed by atoms with E-state index in [4.69, 9.17) is 0 Å². The molecule has 0 aliphatic carbocycles. The van der Waals surface area contributed by atoms with Gasteiger partial charge in [-0.25, -0.2) is 4.68 Å². The van der Waals surface area contributed by atoms with Crippen molar-refractivity contribution in [3.63, 3.8) is 0 Å². The number of benzene rings is 1. The Morgan fingerprint density at radius 3 is 2.76 bits per heavy atom. The summed E-state index contributed by atoms with van der Waals surface area (Å²) in [6, 6.07) is 8.33. The number of hydrogen-bond donors (Lipinski definition) is 2. The van der Waals surface area contributed by atoms with Gasteiger partial charge >= 0.3 is 0 Å².